The Hall–Kier alpha value is -1.79. The average Bonchev–Trinajstić information content (AvgIpc) is 3.42. The Balaban J connectivity index is 1.72. The summed E-state index contributed by atoms with van der Waals surface area (Å²) in [6, 6.07) is 7.16. The van der Waals surface area contributed by atoms with E-state index < -0.39 is 36.6 Å². The van der Waals surface area contributed by atoms with Crippen LogP contribution >= 0.6 is 0 Å². The molecule has 3 aliphatic rings. The zero-order valence-corrected chi connectivity index (χ0v) is 33.1. The van der Waals surface area contributed by atoms with Gasteiger partial charge < -0.3 is 23.5 Å². The maximum atomic E-state index is 6.57. The molecule has 0 atom stereocenters. The van der Waals surface area contributed by atoms with Crippen molar-refractivity contribution in [2.24, 2.45) is 0 Å². The molecule has 0 spiro atoms. The summed E-state index contributed by atoms with van der Waals surface area (Å²) in [6.45, 7) is 27.0. The van der Waals surface area contributed by atoms with Gasteiger partial charge >= 0.3 is 14.2 Å². The van der Waals surface area contributed by atoms with E-state index in [0.717, 1.165) is 28.6 Å². The van der Waals surface area contributed by atoms with E-state index in [1.165, 1.54) is 95.6 Å². The Bertz CT molecular complexity index is 1250. The number of hydrogen-bond acceptors (Lipinski definition) is 5. The van der Waals surface area contributed by atoms with Gasteiger partial charge in [0.25, 0.3) is 0 Å². The summed E-state index contributed by atoms with van der Waals surface area (Å²) in [4.78, 5) is 2.67. The fourth-order valence-corrected chi connectivity index (χ4v) is 7.12. The van der Waals surface area contributed by atoms with Gasteiger partial charge in [0.05, 0.1) is 22.4 Å². The first kappa shape index (κ1) is 40.0. The summed E-state index contributed by atoms with van der Waals surface area (Å²) < 4.78 is 26.3. The molecule has 0 unspecified atom stereocenters. The topological polar surface area (TPSA) is 40.2 Å². The second kappa shape index (κ2) is 17.2. The SMILES string of the molecule is C=C1/C=C\C(B2OC(C)(C)C(C)(C)O2)=C/CN(C(CCCCCCCC)CCCCCCCC)c2cc(B3OC(C)(C)C(C)(C)O3)ccc21. The third kappa shape index (κ3) is 9.96. The molecule has 1 aromatic carbocycles. The highest BCUT2D eigenvalue weighted by atomic mass is 16.7. The second-order valence-corrected chi connectivity index (χ2v) is 16.9. The van der Waals surface area contributed by atoms with Gasteiger partial charge in [-0.25, -0.2) is 0 Å². The summed E-state index contributed by atoms with van der Waals surface area (Å²) in [5.41, 5.74) is 3.89. The van der Waals surface area contributed by atoms with Crippen LogP contribution in [0.3, 0.4) is 0 Å². The van der Waals surface area contributed by atoms with Gasteiger partial charge in [-0.3, -0.25) is 0 Å². The third-order valence-electron chi connectivity index (χ3n) is 12.0. The first-order valence-electron chi connectivity index (χ1n) is 19.8. The molecule has 0 N–H and O–H groups in total. The fraction of sp³-hybridized carbons (Fsp3) is 0.714. The Kier molecular flexibility index (Phi) is 14.0. The lowest BCUT2D eigenvalue weighted by atomic mass is 9.77. The number of benzene rings is 1. The molecule has 2 saturated heterocycles. The molecule has 0 saturated carbocycles. The lowest BCUT2D eigenvalue weighted by Crippen LogP contribution is -2.41. The van der Waals surface area contributed by atoms with Crippen LogP contribution in [-0.4, -0.2) is 49.2 Å². The Morgan fingerprint density at radius 1 is 0.653 bits per heavy atom. The van der Waals surface area contributed by atoms with Crippen LogP contribution in [0.2, 0.25) is 0 Å². The van der Waals surface area contributed by atoms with E-state index in [4.69, 9.17) is 18.6 Å². The molecule has 49 heavy (non-hydrogen) atoms. The molecule has 4 rings (SSSR count). The Morgan fingerprint density at radius 2 is 1.12 bits per heavy atom. The molecule has 0 radical (unpaired) electrons. The highest BCUT2D eigenvalue weighted by Crippen LogP contribution is 2.41. The molecule has 0 bridgehead atoms. The van der Waals surface area contributed by atoms with Crippen molar-refractivity contribution in [2.75, 3.05) is 11.4 Å². The first-order valence-corrected chi connectivity index (χ1v) is 19.8. The molecule has 272 valence electrons. The number of nitrogens with zero attached hydrogens (tertiary/aromatic N) is 1. The minimum Gasteiger partial charge on any atom is -0.399 e. The third-order valence-corrected chi connectivity index (χ3v) is 12.0. The van der Waals surface area contributed by atoms with E-state index in [0.29, 0.717) is 6.04 Å². The fourth-order valence-electron chi connectivity index (χ4n) is 7.12. The highest BCUT2D eigenvalue weighted by Gasteiger charge is 2.53. The van der Waals surface area contributed by atoms with Gasteiger partial charge in [0, 0.05) is 23.8 Å². The predicted molar refractivity (Wildman–Crippen MR) is 212 cm³/mol. The van der Waals surface area contributed by atoms with Crippen molar-refractivity contribution in [3.63, 3.8) is 0 Å². The van der Waals surface area contributed by atoms with Crippen molar-refractivity contribution < 1.29 is 18.6 Å². The normalized spacial score (nSPS) is 22.9. The molecule has 1 aromatic rings. The van der Waals surface area contributed by atoms with Crippen molar-refractivity contribution >= 4 is 31.0 Å². The lowest BCUT2D eigenvalue weighted by molar-refractivity contribution is 0.00578. The number of hydrogen-bond donors (Lipinski definition) is 0. The maximum Gasteiger partial charge on any atom is 0.494 e. The van der Waals surface area contributed by atoms with Gasteiger partial charge in [-0.2, -0.15) is 0 Å². The first-order chi connectivity index (χ1) is 23.1. The van der Waals surface area contributed by atoms with Gasteiger partial charge in [0.1, 0.15) is 0 Å². The molecular formula is C42H69B2NO4. The minimum absolute atomic E-state index is 0.399. The molecular weight excluding hydrogens is 604 g/mol. The molecule has 3 heterocycles. The molecule has 3 aliphatic heterocycles. The highest BCUT2D eigenvalue weighted by molar-refractivity contribution is 6.62. The standard InChI is InChI=1S/C42H69B2NO4/c1-12-14-16-18-20-22-24-36(25-23-21-19-17-15-13-2)45-31-30-34(43-46-39(4,5)40(6,7)47-43)27-26-33(3)37-29-28-35(32-38(37)45)44-48-41(8,9)42(10,11)49-44/h26-30,32,36H,3,12-25,31H2,1-2,4-11H3/b27-26-,34-30+. The van der Waals surface area contributed by atoms with E-state index in [1.54, 1.807) is 0 Å². The summed E-state index contributed by atoms with van der Waals surface area (Å²) in [5, 5.41) is 0. The van der Waals surface area contributed by atoms with Gasteiger partial charge in [0.2, 0.25) is 0 Å². The summed E-state index contributed by atoms with van der Waals surface area (Å²) >= 11 is 0. The van der Waals surface area contributed by atoms with Gasteiger partial charge in [-0.1, -0.05) is 128 Å². The van der Waals surface area contributed by atoms with Crippen LogP contribution in [0.5, 0.6) is 0 Å². The monoisotopic (exact) mass is 674 g/mol. The molecule has 2 fully saturated rings. The molecule has 0 aliphatic carbocycles. The van der Waals surface area contributed by atoms with Crippen molar-refractivity contribution in [2.45, 2.75) is 188 Å². The number of fused-ring (bicyclic) bond motifs is 1. The van der Waals surface area contributed by atoms with Crippen LogP contribution in [0, 0.1) is 0 Å². The zero-order chi connectivity index (χ0) is 35.9. The van der Waals surface area contributed by atoms with Gasteiger partial charge in [-0.15, -0.1) is 0 Å². The van der Waals surface area contributed by atoms with Crippen LogP contribution in [0.1, 0.15) is 165 Å². The van der Waals surface area contributed by atoms with Crippen LogP contribution in [0.4, 0.5) is 5.69 Å². The van der Waals surface area contributed by atoms with Crippen molar-refractivity contribution in [1.29, 1.82) is 0 Å². The second-order valence-electron chi connectivity index (χ2n) is 16.9. The number of unbranched alkanes of at least 4 members (excludes halogenated alkanes) is 10. The average molecular weight is 674 g/mol. The van der Waals surface area contributed by atoms with E-state index in [2.05, 4.69) is 117 Å². The molecule has 7 heteroatoms. The molecule has 0 aromatic heterocycles. The molecule has 5 nitrogen and oxygen atoms in total. The quantitative estimate of drug-likeness (QED) is 0.122. The number of allylic oxidation sites excluding steroid dienone is 4. The summed E-state index contributed by atoms with van der Waals surface area (Å²) in [5.74, 6) is 0. The summed E-state index contributed by atoms with van der Waals surface area (Å²) in [7, 11) is -0.840. The van der Waals surface area contributed by atoms with E-state index in [9.17, 15) is 0 Å². The van der Waals surface area contributed by atoms with E-state index in [-0.39, 0.29) is 0 Å². The Morgan fingerprint density at radius 3 is 1.63 bits per heavy atom. The van der Waals surface area contributed by atoms with Crippen LogP contribution in [0.25, 0.3) is 5.57 Å². The summed E-state index contributed by atoms with van der Waals surface area (Å²) in [6.07, 6.45) is 24.7. The smallest absolute Gasteiger partial charge is 0.399 e. The van der Waals surface area contributed by atoms with Crippen molar-refractivity contribution in [1.82, 2.24) is 0 Å². The number of anilines is 1. The maximum absolute atomic E-state index is 6.57. The van der Waals surface area contributed by atoms with Crippen molar-refractivity contribution in [3.05, 3.63) is 54.0 Å². The van der Waals surface area contributed by atoms with Crippen LogP contribution in [0.15, 0.2) is 48.5 Å². The minimum atomic E-state index is -0.423. The zero-order valence-electron chi connectivity index (χ0n) is 33.1. The van der Waals surface area contributed by atoms with Crippen LogP contribution in [-0.2, 0) is 18.6 Å². The predicted octanol–water partition coefficient (Wildman–Crippen LogP) is 10.8. The van der Waals surface area contributed by atoms with Gasteiger partial charge in [-0.05, 0) is 90.8 Å². The molecule has 0 amide bonds. The van der Waals surface area contributed by atoms with E-state index >= 15 is 0 Å². The largest absolute Gasteiger partial charge is 0.494 e. The Labute approximate surface area is 301 Å². The van der Waals surface area contributed by atoms with Gasteiger partial charge in [0.15, 0.2) is 0 Å². The lowest BCUT2D eigenvalue weighted by Gasteiger charge is -2.35. The van der Waals surface area contributed by atoms with Crippen LogP contribution < -0.4 is 10.4 Å². The number of rotatable bonds is 17. The van der Waals surface area contributed by atoms with E-state index in [1.807, 2.05) is 0 Å². The van der Waals surface area contributed by atoms with Crippen molar-refractivity contribution in [3.8, 4) is 0 Å².